The molecule has 1 amide bonds. The summed E-state index contributed by atoms with van der Waals surface area (Å²) in [7, 11) is -2.27. The molecule has 1 fully saturated rings. The molecule has 6 nitrogen and oxygen atoms in total. The van der Waals surface area contributed by atoms with E-state index >= 15 is 0 Å². The smallest absolute Gasteiger partial charge is 0.261 e. The number of anilines is 1. The highest BCUT2D eigenvalue weighted by Gasteiger charge is 2.23. The lowest BCUT2D eigenvalue weighted by Crippen LogP contribution is -2.42. The van der Waals surface area contributed by atoms with Gasteiger partial charge in [0, 0.05) is 18.7 Å². The molecule has 1 aliphatic heterocycles. The zero-order valence-electron chi connectivity index (χ0n) is 13.5. The van der Waals surface area contributed by atoms with Crippen LogP contribution in [0.1, 0.15) is 16.8 Å². The molecule has 25 heavy (non-hydrogen) atoms. The summed E-state index contributed by atoms with van der Waals surface area (Å²) in [5.41, 5.74) is 0.769. The van der Waals surface area contributed by atoms with Crippen LogP contribution >= 0.6 is 15.9 Å². The van der Waals surface area contributed by atoms with Gasteiger partial charge in [0.25, 0.3) is 15.9 Å². The Morgan fingerprint density at radius 2 is 1.96 bits per heavy atom. The highest BCUT2D eigenvalue weighted by Crippen LogP contribution is 2.29. The lowest BCUT2D eigenvalue weighted by molar-refractivity contribution is 0.0651. The first-order valence-corrected chi connectivity index (χ1v) is 9.94. The monoisotopic (exact) mass is 424 g/mol. The van der Waals surface area contributed by atoms with Gasteiger partial charge in [0.05, 0.1) is 22.2 Å². The summed E-state index contributed by atoms with van der Waals surface area (Å²) in [6.45, 7) is 1.43. The molecule has 2 aromatic rings. The van der Waals surface area contributed by atoms with Crippen molar-refractivity contribution >= 4 is 37.5 Å². The van der Waals surface area contributed by atoms with Crippen molar-refractivity contribution in [1.29, 1.82) is 0 Å². The largest absolute Gasteiger partial charge is 0.496 e. The lowest BCUT2D eigenvalue weighted by atomic mass is 10.1. The second kappa shape index (κ2) is 7.05. The first kappa shape index (κ1) is 17.8. The van der Waals surface area contributed by atoms with Crippen LogP contribution < -0.4 is 9.46 Å². The van der Waals surface area contributed by atoms with Gasteiger partial charge in [0.2, 0.25) is 0 Å². The molecule has 132 valence electrons. The van der Waals surface area contributed by atoms with E-state index in [1.807, 2.05) is 0 Å². The average molecular weight is 425 g/mol. The van der Waals surface area contributed by atoms with Crippen molar-refractivity contribution in [2.45, 2.75) is 11.3 Å². The molecular formula is C17H17BrN2O4S. The van der Waals surface area contributed by atoms with Gasteiger partial charge in [-0.2, -0.15) is 0 Å². The van der Waals surface area contributed by atoms with Crippen LogP contribution in [0.15, 0.2) is 51.8 Å². The minimum Gasteiger partial charge on any atom is -0.496 e. The molecule has 0 saturated carbocycles. The second-order valence-corrected chi connectivity index (χ2v) is 8.17. The number of nitrogens with one attached hydrogen (secondary N) is 1. The third kappa shape index (κ3) is 3.80. The number of amides is 1. The van der Waals surface area contributed by atoms with Crippen LogP contribution in [0.4, 0.5) is 5.69 Å². The van der Waals surface area contributed by atoms with E-state index in [9.17, 15) is 13.2 Å². The molecule has 2 aromatic carbocycles. The van der Waals surface area contributed by atoms with Gasteiger partial charge in [0.1, 0.15) is 5.75 Å². The van der Waals surface area contributed by atoms with Crippen LogP contribution in [0.3, 0.4) is 0 Å². The number of sulfonamides is 1. The number of carbonyl (C=O) groups is 1. The van der Waals surface area contributed by atoms with E-state index in [0.717, 1.165) is 6.42 Å². The summed E-state index contributed by atoms with van der Waals surface area (Å²) < 4.78 is 33.5. The van der Waals surface area contributed by atoms with Gasteiger partial charge >= 0.3 is 0 Å². The zero-order valence-corrected chi connectivity index (χ0v) is 15.9. The van der Waals surface area contributed by atoms with Crippen LogP contribution in [-0.2, 0) is 10.0 Å². The van der Waals surface area contributed by atoms with Gasteiger partial charge in [-0.25, -0.2) is 8.42 Å². The number of ether oxygens (including phenoxy) is 1. The maximum absolute atomic E-state index is 12.6. The number of rotatable bonds is 5. The van der Waals surface area contributed by atoms with Crippen LogP contribution in [0.25, 0.3) is 0 Å². The fraction of sp³-hybridized carbons (Fsp3) is 0.235. The number of hydrogen-bond acceptors (Lipinski definition) is 4. The number of methoxy groups -OCH3 is 1. The van der Waals surface area contributed by atoms with Gasteiger partial charge < -0.3 is 9.64 Å². The van der Waals surface area contributed by atoms with E-state index in [0.29, 0.717) is 34.6 Å². The van der Waals surface area contributed by atoms with Gasteiger partial charge in [-0.15, -0.1) is 0 Å². The summed E-state index contributed by atoms with van der Waals surface area (Å²) in [4.78, 5) is 14.0. The van der Waals surface area contributed by atoms with E-state index in [1.54, 1.807) is 35.2 Å². The Balaban J connectivity index is 1.84. The van der Waals surface area contributed by atoms with E-state index in [1.165, 1.54) is 19.2 Å². The lowest BCUT2D eigenvalue weighted by Gasteiger charge is -2.31. The maximum Gasteiger partial charge on any atom is 0.261 e. The Labute approximate surface area is 155 Å². The van der Waals surface area contributed by atoms with E-state index in [4.69, 9.17) is 4.74 Å². The molecule has 0 spiro atoms. The van der Waals surface area contributed by atoms with Crippen molar-refractivity contribution in [2.24, 2.45) is 0 Å². The molecule has 1 aliphatic rings. The first-order valence-electron chi connectivity index (χ1n) is 7.66. The fourth-order valence-electron chi connectivity index (χ4n) is 2.44. The maximum atomic E-state index is 12.6. The third-order valence-electron chi connectivity index (χ3n) is 3.94. The SMILES string of the molecule is COc1ccc(NS(=O)(=O)c2cccc(C(=O)N3CCC3)c2)cc1Br. The van der Waals surface area contributed by atoms with Crippen molar-refractivity contribution in [1.82, 2.24) is 4.90 Å². The number of halogens is 1. The zero-order chi connectivity index (χ0) is 18.0. The number of likely N-dealkylation sites (tertiary alicyclic amines) is 1. The molecule has 0 unspecified atom stereocenters. The predicted octanol–water partition coefficient (Wildman–Crippen LogP) is 3.10. The summed E-state index contributed by atoms with van der Waals surface area (Å²) in [5.74, 6) is 0.459. The molecule has 8 heteroatoms. The molecular weight excluding hydrogens is 408 g/mol. The quantitative estimate of drug-likeness (QED) is 0.799. The molecule has 3 rings (SSSR count). The van der Waals surface area contributed by atoms with E-state index < -0.39 is 10.0 Å². The molecule has 1 heterocycles. The Bertz CT molecular complexity index is 911. The van der Waals surface area contributed by atoms with Crippen molar-refractivity contribution < 1.29 is 17.9 Å². The van der Waals surface area contributed by atoms with Crippen LogP contribution in [0.2, 0.25) is 0 Å². The molecule has 0 atom stereocenters. The second-order valence-electron chi connectivity index (χ2n) is 5.63. The molecule has 0 bridgehead atoms. The number of nitrogens with zero attached hydrogens (tertiary/aromatic N) is 1. The topological polar surface area (TPSA) is 75.7 Å². The normalized spacial score (nSPS) is 13.9. The summed E-state index contributed by atoms with van der Waals surface area (Å²) in [5, 5.41) is 0. The van der Waals surface area contributed by atoms with Gasteiger partial charge in [0.15, 0.2) is 0 Å². The summed E-state index contributed by atoms with van der Waals surface area (Å²) >= 11 is 3.32. The Kier molecular flexibility index (Phi) is 5.01. The summed E-state index contributed by atoms with van der Waals surface area (Å²) in [6.07, 6.45) is 0.984. The number of benzene rings is 2. The van der Waals surface area contributed by atoms with Gasteiger partial charge in [-0.3, -0.25) is 9.52 Å². The van der Waals surface area contributed by atoms with E-state index in [-0.39, 0.29) is 10.8 Å². The third-order valence-corrected chi connectivity index (χ3v) is 5.94. The Morgan fingerprint density at radius 3 is 2.56 bits per heavy atom. The molecule has 0 aliphatic carbocycles. The van der Waals surface area contributed by atoms with Crippen LogP contribution in [0, 0.1) is 0 Å². The average Bonchev–Trinajstić information content (AvgIpc) is 2.53. The predicted molar refractivity (Wildman–Crippen MR) is 98.5 cm³/mol. The van der Waals surface area contributed by atoms with Crippen molar-refractivity contribution in [3.8, 4) is 5.75 Å². The van der Waals surface area contributed by atoms with Crippen molar-refractivity contribution in [3.05, 3.63) is 52.5 Å². The fourth-order valence-corrected chi connectivity index (χ4v) is 4.08. The molecule has 0 radical (unpaired) electrons. The Hall–Kier alpha value is -2.06. The van der Waals surface area contributed by atoms with E-state index in [2.05, 4.69) is 20.7 Å². The minimum absolute atomic E-state index is 0.0470. The highest BCUT2D eigenvalue weighted by atomic mass is 79.9. The molecule has 0 aromatic heterocycles. The molecule has 1 N–H and O–H groups in total. The van der Waals surface area contributed by atoms with Gasteiger partial charge in [-0.05, 0) is 58.7 Å². The standard InChI is InChI=1S/C17H17BrN2O4S/c1-24-16-7-6-13(11-15(16)18)19-25(22,23)14-5-2-4-12(10-14)17(21)20-8-3-9-20/h2,4-7,10-11,19H,3,8-9H2,1H3. The van der Waals surface area contributed by atoms with Crippen molar-refractivity contribution in [3.63, 3.8) is 0 Å². The number of hydrogen-bond donors (Lipinski definition) is 1. The van der Waals surface area contributed by atoms with Crippen LogP contribution in [-0.4, -0.2) is 39.4 Å². The van der Waals surface area contributed by atoms with Gasteiger partial charge in [-0.1, -0.05) is 6.07 Å². The highest BCUT2D eigenvalue weighted by molar-refractivity contribution is 9.10. The summed E-state index contributed by atoms with van der Waals surface area (Å²) in [6, 6.07) is 11.0. The van der Waals surface area contributed by atoms with Crippen LogP contribution in [0.5, 0.6) is 5.75 Å². The first-order chi connectivity index (χ1) is 11.9. The molecule has 1 saturated heterocycles. The Morgan fingerprint density at radius 1 is 1.20 bits per heavy atom. The minimum atomic E-state index is -3.80. The number of carbonyl (C=O) groups excluding carboxylic acids is 1. The van der Waals surface area contributed by atoms with Crippen molar-refractivity contribution in [2.75, 3.05) is 24.9 Å².